The predicted octanol–water partition coefficient (Wildman–Crippen LogP) is 2.30. The van der Waals surface area contributed by atoms with Gasteiger partial charge in [-0.15, -0.1) is 0 Å². The van der Waals surface area contributed by atoms with Gasteiger partial charge in [0.2, 0.25) is 0 Å². The lowest BCUT2D eigenvalue weighted by Crippen LogP contribution is -2.13. The van der Waals surface area contributed by atoms with Gasteiger partial charge in [-0.25, -0.2) is 4.98 Å². The van der Waals surface area contributed by atoms with E-state index in [9.17, 15) is 4.79 Å². The lowest BCUT2D eigenvalue weighted by atomic mass is 10.2. The minimum absolute atomic E-state index is 0.199. The molecule has 0 aliphatic heterocycles. The summed E-state index contributed by atoms with van der Waals surface area (Å²) < 4.78 is 0. The number of nitrogens with two attached hydrogens (primary N) is 1. The largest absolute Gasteiger partial charge is 0.375 e. The summed E-state index contributed by atoms with van der Waals surface area (Å²) in [4.78, 5) is 20.9. The highest BCUT2D eigenvalue weighted by atomic mass is 32.1. The highest BCUT2D eigenvalue weighted by Crippen LogP contribution is 2.22. The Morgan fingerprint density at radius 2 is 1.94 bits per heavy atom. The van der Waals surface area contributed by atoms with Crippen LogP contribution in [0.3, 0.4) is 0 Å². The molecule has 0 aliphatic carbocycles. The lowest BCUT2D eigenvalue weighted by molar-refractivity contribution is 0.102. The molecule has 2 aromatic rings. The third-order valence-electron chi connectivity index (χ3n) is 2.49. The zero-order valence-electron chi connectivity index (χ0n) is 10.4. The maximum absolute atomic E-state index is 12.1. The molecular formula is C12H14N4OS. The molecule has 0 atom stereocenters. The summed E-state index contributed by atoms with van der Waals surface area (Å²) in [6.45, 7) is 5.53. The van der Waals surface area contributed by atoms with Gasteiger partial charge in [0.1, 0.15) is 4.88 Å². The summed E-state index contributed by atoms with van der Waals surface area (Å²) in [5.74, 6) is -0.199. The Kier molecular flexibility index (Phi) is 3.29. The van der Waals surface area contributed by atoms with Crippen LogP contribution in [0, 0.1) is 20.8 Å². The molecular weight excluding hydrogens is 248 g/mol. The molecule has 18 heavy (non-hydrogen) atoms. The molecule has 0 unspecified atom stereocenters. The zero-order valence-corrected chi connectivity index (χ0v) is 11.3. The molecule has 0 fully saturated rings. The molecule has 0 bridgehead atoms. The first-order valence-electron chi connectivity index (χ1n) is 5.46. The van der Waals surface area contributed by atoms with Crippen LogP contribution in [-0.2, 0) is 0 Å². The number of anilines is 2. The Bertz CT molecular complexity index is 606. The number of aryl methyl sites for hydroxylation is 3. The Balaban J connectivity index is 2.24. The van der Waals surface area contributed by atoms with Gasteiger partial charge < -0.3 is 11.1 Å². The smallest absolute Gasteiger partial charge is 0.267 e. The van der Waals surface area contributed by atoms with E-state index in [1.165, 1.54) is 11.3 Å². The number of hydrogen-bond donors (Lipinski definition) is 2. The predicted molar refractivity (Wildman–Crippen MR) is 72.9 cm³/mol. The van der Waals surface area contributed by atoms with Crippen molar-refractivity contribution in [1.82, 2.24) is 9.97 Å². The molecule has 0 aromatic carbocycles. The number of rotatable bonds is 2. The Morgan fingerprint density at radius 1 is 1.22 bits per heavy atom. The van der Waals surface area contributed by atoms with E-state index in [0.29, 0.717) is 21.4 Å². The second kappa shape index (κ2) is 4.73. The molecule has 0 radical (unpaired) electrons. The first kappa shape index (κ1) is 12.5. The number of carbonyl (C=O) groups is 1. The van der Waals surface area contributed by atoms with Crippen LogP contribution in [0.4, 0.5) is 10.8 Å². The maximum Gasteiger partial charge on any atom is 0.267 e. The summed E-state index contributed by atoms with van der Waals surface area (Å²) in [6.07, 6.45) is 0. The molecule has 0 spiro atoms. The van der Waals surface area contributed by atoms with Crippen molar-refractivity contribution in [3.05, 3.63) is 34.1 Å². The third kappa shape index (κ3) is 2.48. The van der Waals surface area contributed by atoms with E-state index in [2.05, 4.69) is 15.3 Å². The number of nitrogens with zero attached hydrogens (tertiary/aromatic N) is 2. The first-order valence-corrected chi connectivity index (χ1v) is 6.27. The summed E-state index contributed by atoms with van der Waals surface area (Å²) in [5.41, 5.74) is 8.64. The lowest BCUT2D eigenvalue weighted by Gasteiger charge is -2.07. The molecule has 0 aliphatic rings. The van der Waals surface area contributed by atoms with Gasteiger partial charge >= 0.3 is 0 Å². The normalized spacial score (nSPS) is 10.4. The number of nitrogens with one attached hydrogen (secondary N) is 1. The average Bonchev–Trinajstić information content (AvgIpc) is 2.62. The van der Waals surface area contributed by atoms with Gasteiger partial charge in [0.05, 0.1) is 17.1 Å². The molecule has 0 saturated heterocycles. The van der Waals surface area contributed by atoms with Crippen molar-refractivity contribution in [1.29, 1.82) is 0 Å². The number of pyridine rings is 1. The average molecular weight is 262 g/mol. The van der Waals surface area contributed by atoms with Crippen molar-refractivity contribution >= 4 is 28.1 Å². The van der Waals surface area contributed by atoms with Crippen LogP contribution >= 0.6 is 11.3 Å². The van der Waals surface area contributed by atoms with Crippen LogP contribution in [0.5, 0.6) is 0 Å². The molecule has 3 N–H and O–H groups in total. The fourth-order valence-electron chi connectivity index (χ4n) is 1.63. The molecule has 1 amide bonds. The molecule has 5 nitrogen and oxygen atoms in total. The summed E-state index contributed by atoms with van der Waals surface area (Å²) in [5, 5.41) is 3.22. The van der Waals surface area contributed by atoms with Crippen molar-refractivity contribution in [2.75, 3.05) is 11.1 Å². The summed E-state index contributed by atoms with van der Waals surface area (Å²) >= 11 is 1.18. The minimum Gasteiger partial charge on any atom is -0.375 e. The standard InChI is InChI=1S/C12H14N4OS/c1-6-4-5-9(7(2)14-6)16-11(17)10-8(3)15-12(13)18-10/h4-5H,1-3H3,(H2,13,15)(H,16,17). The minimum atomic E-state index is -0.199. The molecule has 6 heteroatoms. The Hall–Kier alpha value is -1.95. The van der Waals surface area contributed by atoms with Crippen molar-refractivity contribution < 1.29 is 4.79 Å². The molecule has 94 valence electrons. The third-order valence-corrected chi connectivity index (χ3v) is 3.48. The number of aromatic nitrogens is 2. The topological polar surface area (TPSA) is 80.9 Å². The second-order valence-corrected chi connectivity index (χ2v) is 5.04. The van der Waals surface area contributed by atoms with E-state index >= 15 is 0 Å². The molecule has 2 aromatic heterocycles. The van der Waals surface area contributed by atoms with E-state index in [1.807, 2.05) is 26.0 Å². The van der Waals surface area contributed by atoms with Crippen molar-refractivity contribution in [2.45, 2.75) is 20.8 Å². The highest BCUT2D eigenvalue weighted by Gasteiger charge is 2.15. The van der Waals surface area contributed by atoms with Crippen molar-refractivity contribution in [2.24, 2.45) is 0 Å². The molecule has 2 rings (SSSR count). The van der Waals surface area contributed by atoms with E-state index in [0.717, 1.165) is 11.4 Å². The van der Waals surface area contributed by atoms with Gasteiger partial charge in [-0.2, -0.15) is 0 Å². The SMILES string of the molecule is Cc1ccc(NC(=O)c2sc(N)nc2C)c(C)n1. The second-order valence-electron chi connectivity index (χ2n) is 4.01. The first-order chi connectivity index (χ1) is 8.47. The summed E-state index contributed by atoms with van der Waals surface area (Å²) in [6, 6.07) is 3.70. The fraction of sp³-hybridized carbons (Fsp3) is 0.250. The van der Waals surface area contributed by atoms with Crippen LogP contribution in [0.15, 0.2) is 12.1 Å². The van der Waals surface area contributed by atoms with Crippen LogP contribution < -0.4 is 11.1 Å². The van der Waals surface area contributed by atoms with Crippen molar-refractivity contribution in [3.63, 3.8) is 0 Å². The Morgan fingerprint density at radius 3 is 2.50 bits per heavy atom. The van der Waals surface area contributed by atoms with E-state index < -0.39 is 0 Å². The van der Waals surface area contributed by atoms with E-state index in [4.69, 9.17) is 5.73 Å². The molecule has 0 saturated carbocycles. The monoisotopic (exact) mass is 262 g/mol. The number of thiazole rings is 1. The fourth-order valence-corrected chi connectivity index (χ4v) is 2.35. The number of amides is 1. The van der Waals surface area contributed by atoms with Gasteiger partial charge in [-0.3, -0.25) is 9.78 Å². The number of carbonyl (C=O) groups excluding carboxylic acids is 1. The summed E-state index contributed by atoms with van der Waals surface area (Å²) in [7, 11) is 0. The zero-order chi connectivity index (χ0) is 13.3. The van der Waals surface area contributed by atoms with Crippen molar-refractivity contribution in [3.8, 4) is 0 Å². The van der Waals surface area contributed by atoms with Crippen LogP contribution in [0.25, 0.3) is 0 Å². The van der Waals surface area contributed by atoms with Crippen LogP contribution in [0.1, 0.15) is 26.8 Å². The maximum atomic E-state index is 12.1. The quantitative estimate of drug-likeness (QED) is 0.870. The Labute approximate surface area is 109 Å². The van der Waals surface area contributed by atoms with Gasteiger partial charge in [0, 0.05) is 5.69 Å². The van der Waals surface area contributed by atoms with Crippen LogP contribution in [-0.4, -0.2) is 15.9 Å². The molecule has 2 heterocycles. The van der Waals surface area contributed by atoms with E-state index in [1.54, 1.807) is 6.92 Å². The van der Waals surface area contributed by atoms with Crippen LogP contribution in [0.2, 0.25) is 0 Å². The highest BCUT2D eigenvalue weighted by molar-refractivity contribution is 7.17. The van der Waals surface area contributed by atoms with Gasteiger partial charge in [-0.1, -0.05) is 11.3 Å². The van der Waals surface area contributed by atoms with Gasteiger partial charge in [-0.05, 0) is 32.9 Å². The van der Waals surface area contributed by atoms with Gasteiger partial charge in [0.15, 0.2) is 5.13 Å². The van der Waals surface area contributed by atoms with Gasteiger partial charge in [0.25, 0.3) is 5.91 Å². The van der Waals surface area contributed by atoms with E-state index in [-0.39, 0.29) is 5.91 Å². The number of hydrogen-bond acceptors (Lipinski definition) is 5. The number of nitrogen functional groups attached to an aromatic ring is 1.